The lowest BCUT2D eigenvalue weighted by molar-refractivity contribution is -0.117. The number of nitrogens with one attached hydrogen (secondary N) is 2. The van der Waals surface area contributed by atoms with E-state index in [9.17, 15) is 13.2 Å². The summed E-state index contributed by atoms with van der Waals surface area (Å²) in [6.07, 6.45) is 0.210. The quantitative estimate of drug-likeness (QED) is 0.579. The molecule has 0 aliphatic rings. The minimum atomic E-state index is -3.88. The van der Waals surface area contributed by atoms with Crippen LogP contribution >= 0.6 is 0 Å². The van der Waals surface area contributed by atoms with Crippen molar-refractivity contribution in [2.75, 3.05) is 12.4 Å². The molecule has 0 heterocycles. The molecular formula is C23H24N2O4S. The van der Waals surface area contributed by atoms with Crippen molar-refractivity contribution in [1.82, 2.24) is 4.72 Å². The molecule has 0 radical (unpaired) electrons. The molecule has 1 atom stereocenters. The van der Waals surface area contributed by atoms with Gasteiger partial charge in [0.15, 0.2) is 0 Å². The number of ether oxygens (including phenoxy) is 1. The van der Waals surface area contributed by atoms with E-state index in [1.54, 1.807) is 36.4 Å². The third-order valence-electron chi connectivity index (χ3n) is 4.57. The first-order valence-corrected chi connectivity index (χ1v) is 10.9. The average molecular weight is 425 g/mol. The Kier molecular flexibility index (Phi) is 6.87. The van der Waals surface area contributed by atoms with Gasteiger partial charge >= 0.3 is 0 Å². The molecule has 7 heteroatoms. The van der Waals surface area contributed by atoms with Gasteiger partial charge in [-0.3, -0.25) is 4.79 Å². The second-order valence-corrected chi connectivity index (χ2v) is 8.61. The Labute approximate surface area is 177 Å². The molecule has 6 nitrogen and oxygen atoms in total. The van der Waals surface area contributed by atoms with E-state index in [0.29, 0.717) is 11.4 Å². The first-order chi connectivity index (χ1) is 14.4. The summed E-state index contributed by atoms with van der Waals surface area (Å²) in [5.74, 6) is 0.135. The van der Waals surface area contributed by atoms with Gasteiger partial charge in [-0.15, -0.1) is 0 Å². The van der Waals surface area contributed by atoms with Gasteiger partial charge < -0.3 is 10.1 Å². The summed E-state index contributed by atoms with van der Waals surface area (Å²) in [5, 5.41) is 2.77. The van der Waals surface area contributed by atoms with Crippen LogP contribution in [-0.2, 0) is 21.2 Å². The van der Waals surface area contributed by atoms with Crippen LogP contribution in [0, 0.1) is 6.92 Å². The molecule has 0 fully saturated rings. The molecule has 0 spiro atoms. The first-order valence-electron chi connectivity index (χ1n) is 9.45. The summed E-state index contributed by atoms with van der Waals surface area (Å²) in [4.78, 5) is 13.1. The molecule has 0 aliphatic carbocycles. The molecular weight excluding hydrogens is 400 g/mol. The van der Waals surface area contributed by atoms with Gasteiger partial charge in [-0.25, -0.2) is 8.42 Å². The van der Waals surface area contributed by atoms with Crippen LogP contribution in [0.1, 0.15) is 11.1 Å². The van der Waals surface area contributed by atoms with Gasteiger partial charge in [0.25, 0.3) is 0 Å². The molecule has 1 amide bonds. The summed E-state index contributed by atoms with van der Waals surface area (Å²) in [6, 6.07) is 21.7. The molecule has 156 valence electrons. The molecule has 30 heavy (non-hydrogen) atoms. The standard InChI is InChI=1S/C23H24N2O4S/c1-17-11-13-21(14-12-17)30(27,28)25-22(15-18-7-4-3-5-8-18)23(26)24-19-9-6-10-20(16-19)29-2/h3-14,16,22,25H,15H2,1-2H3,(H,24,26)/t22-/m0/s1. The van der Waals surface area contributed by atoms with Crippen molar-refractivity contribution in [1.29, 1.82) is 0 Å². The number of carbonyl (C=O) groups is 1. The summed E-state index contributed by atoms with van der Waals surface area (Å²) < 4.78 is 33.5. The second-order valence-electron chi connectivity index (χ2n) is 6.90. The number of sulfonamides is 1. The van der Waals surface area contributed by atoms with E-state index in [4.69, 9.17) is 4.74 Å². The van der Waals surface area contributed by atoms with Crippen LogP contribution in [0.3, 0.4) is 0 Å². The number of methoxy groups -OCH3 is 1. The Morgan fingerprint density at radius 1 is 0.967 bits per heavy atom. The van der Waals surface area contributed by atoms with Gasteiger partial charge in [-0.05, 0) is 43.2 Å². The fraction of sp³-hybridized carbons (Fsp3) is 0.174. The van der Waals surface area contributed by atoms with Gasteiger partial charge in [-0.2, -0.15) is 4.72 Å². The fourth-order valence-electron chi connectivity index (χ4n) is 2.94. The monoisotopic (exact) mass is 424 g/mol. The summed E-state index contributed by atoms with van der Waals surface area (Å²) in [6.45, 7) is 1.88. The molecule has 0 aromatic heterocycles. The number of amides is 1. The van der Waals surface area contributed by atoms with Crippen molar-refractivity contribution in [3.8, 4) is 5.75 Å². The van der Waals surface area contributed by atoms with Crippen LogP contribution in [-0.4, -0.2) is 27.5 Å². The van der Waals surface area contributed by atoms with Crippen molar-refractivity contribution in [3.63, 3.8) is 0 Å². The number of hydrogen-bond donors (Lipinski definition) is 2. The number of anilines is 1. The zero-order chi connectivity index (χ0) is 21.6. The van der Waals surface area contributed by atoms with Crippen LogP contribution in [0.5, 0.6) is 5.75 Å². The van der Waals surface area contributed by atoms with Crippen LogP contribution in [0.15, 0.2) is 83.8 Å². The van der Waals surface area contributed by atoms with E-state index in [0.717, 1.165) is 11.1 Å². The third kappa shape index (κ3) is 5.68. The summed E-state index contributed by atoms with van der Waals surface area (Å²) in [5.41, 5.74) is 2.31. The maximum atomic E-state index is 13.0. The number of hydrogen-bond acceptors (Lipinski definition) is 4. The molecule has 0 bridgehead atoms. The van der Waals surface area contributed by atoms with Crippen LogP contribution in [0.25, 0.3) is 0 Å². The number of carbonyl (C=O) groups excluding carboxylic acids is 1. The average Bonchev–Trinajstić information content (AvgIpc) is 2.74. The highest BCUT2D eigenvalue weighted by Crippen LogP contribution is 2.18. The highest BCUT2D eigenvalue weighted by Gasteiger charge is 2.26. The van der Waals surface area contributed by atoms with Crippen LogP contribution in [0.2, 0.25) is 0 Å². The van der Waals surface area contributed by atoms with Gasteiger partial charge in [0.1, 0.15) is 11.8 Å². The second kappa shape index (κ2) is 9.56. The number of benzene rings is 3. The van der Waals surface area contributed by atoms with Crippen molar-refractivity contribution in [2.24, 2.45) is 0 Å². The fourth-order valence-corrected chi connectivity index (χ4v) is 4.14. The Bertz CT molecular complexity index is 1100. The maximum absolute atomic E-state index is 13.0. The van der Waals surface area contributed by atoms with E-state index < -0.39 is 22.0 Å². The van der Waals surface area contributed by atoms with Gasteiger partial charge in [-0.1, -0.05) is 54.1 Å². The van der Waals surface area contributed by atoms with E-state index in [1.807, 2.05) is 37.3 Å². The lowest BCUT2D eigenvalue weighted by Crippen LogP contribution is -2.45. The predicted molar refractivity (Wildman–Crippen MR) is 117 cm³/mol. The Morgan fingerprint density at radius 3 is 2.33 bits per heavy atom. The Morgan fingerprint density at radius 2 is 1.67 bits per heavy atom. The molecule has 2 N–H and O–H groups in total. The van der Waals surface area contributed by atoms with E-state index in [1.165, 1.54) is 19.2 Å². The Hall–Kier alpha value is -3.16. The summed E-state index contributed by atoms with van der Waals surface area (Å²) in [7, 11) is -2.35. The number of rotatable bonds is 8. The topological polar surface area (TPSA) is 84.5 Å². The SMILES string of the molecule is COc1cccc(NC(=O)[C@H](Cc2ccccc2)NS(=O)(=O)c2ccc(C)cc2)c1. The lowest BCUT2D eigenvalue weighted by Gasteiger charge is -2.19. The first kappa shape index (κ1) is 21.5. The van der Waals surface area contributed by atoms with Gasteiger partial charge in [0.05, 0.1) is 12.0 Å². The lowest BCUT2D eigenvalue weighted by atomic mass is 10.1. The van der Waals surface area contributed by atoms with Crippen molar-refractivity contribution >= 4 is 21.6 Å². The zero-order valence-corrected chi connectivity index (χ0v) is 17.6. The molecule has 3 aromatic carbocycles. The smallest absolute Gasteiger partial charge is 0.242 e. The molecule has 3 aromatic rings. The van der Waals surface area contributed by atoms with Crippen molar-refractivity contribution in [2.45, 2.75) is 24.3 Å². The van der Waals surface area contributed by atoms with E-state index in [2.05, 4.69) is 10.0 Å². The minimum absolute atomic E-state index is 0.111. The molecule has 0 unspecified atom stereocenters. The van der Waals surface area contributed by atoms with Gasteiger partial charge in [0.2, 0.25) is 15.9 Å². The predicted octanol–water partition coefficient (Wildman–Crippen LogP) is 3.53. The maximum Gasteiger partial charge on any atom is 0.242 e. The molecule has 0 saturated carbocycles. The highest BCUT2D eigenvalue weighted by molar-refractivity contribution is 7.89. The highest BCUT2D eigenvalue weighted by atomic mass is 32.2. The molecule has 0 saturated heterocycles. The van der Waals surface area contributed by atoms with Crippen molar-refractivity contribution < 1.29 is 17.9 Å². The number of aryl methyl sites for hydroxylation is 1. The third-order valence-corrected chi connectivity index (χ3v) is 6.05. The summed E-state index contributed by atoms with van der Waals surface area (Å²) >= 11 is 0. The normalized spacial score (nSPS) is 12.2. The Balaban J connectivity index is 1.85. The molecule has 3 rings (SSSR count). The van der Waals surface area contributed by atoms with E-state index in [-0.39, 0.29) is 11.3 Å². The van der Waals surface area contributed by atoms with Crippen LogP contribution < -0.4 is 14.8 Å². The van der Waals surface area contributed by atoms with Gasteiger partial charge in [0, 0.05) is 11.8 Å². The van der Waals surface area contributed by atoms with Crippen molar-refractivity contribution in [3.05, 3.63) is 90.0 Å². The minimum Gasteiger partial charge on any atom is -0.497 e. The largest absolute Gasteiger partial charge is 0.497 e. The molecule has 0 aliphatic heterocycles. The van der Waals surface area contributed by atoms with E-state index >= 15 is 0 Å². The zero-order valence-electron chi connectivity index (χ0n) is 16.8. The van der Waals surface area contributed by atoms with Crippen LogP contribution in [0.4, 0.5) is 5.69 Å².